The van der Waals surface area contributed by atoms with Crippen LogP contribution in [-0.2, 0) is 0 Å². The molecule has 3 heterocycles. The first kappa shape index (κ1) is 19.2. The molecule has 158 valence electrons. The number of aryl methyl sites for hydroxylation is 1. The predicted octanol–water partition coefficient (Wildman–Crippen LogP) is 5.71. The molecule has 0 saturated heterocycles. The Morgan fingerprint density at radius 2 is 1.97 bits per heavy atom. The third-order valence-electron chi connectivity index (χ3n) is 5.02. The lowest BCUT2D eigenvalue weighted by Gasteiger charge is -2.10. The Hall–Kier alpha value is -3.75. The summed E-state index contributed by atoms with van der Waals surface area (Å²) in [5.41, 5.74) is 2.38. The molecule has 5 rings (SSSR count). The Labute approximate surface area is 176 Å². The van der Waals surface area contributed by atoms with Crippen LogP contribution in [0.1, 0.15) is 42.8 Å². The van der Waals surface area contributed by atoms with E-state index in [9.17, 15) is 8.78 Å². The van der Waals surface area contributed by atoms with Crippen molar-refractivity contribution in [2.24, 2.45) is 0 Å². The molecule has 4 aromatic rings. The van der Waals surface area contributed by atoms with Crippen LogP contribution in [0.4, 0.5) is 20.4 Å². The number of H-pyrrole nitrogens is 2. The van der Waals surface area contributed by atoms with Gasteiger partial charge in [0.1, 0.15) is 5.82 Å². The fraction of sp³-hybridized carbons (Fsp3) is 0.227. The van der Waals surface area contributed by atoms with Gasteiger partial charge in [0.2, 0.25) is 0 Å². The number of ether oxygens (including phenoxy) is 1. The molecule has 0 aliphatic heterocycles. The third kappa shape index (κ3) is 3.86. The van der Waals surface area contributed by atoms with Crippen molar-refractivity contribution in [1.29, 1.82) is 0 Å². The Bertz CT molecular complexity index is 1310. The zero-order valence-electron chi connectivity index (χ0n) is 17.0. The molecule has 1 saturated carbocycles. The minimum absolute atomic E-state index is 0.0546. The molecule has 1 aromatic carbocycles. The van der Waals surface area contributed by atoms with Crippen LogP contribution in [0, 0.1) is 18.6 Å². The number of halogens is 2. The molecule has 0 radical (unpaired) electrons. The van der Waals surface area contributed by atoms with Crippen molar-refractivity contribution in [1.82, 2.24) is 25.1 Å². The van der Waals surface area contributed by atoms with E-state index in [0.717, 1.165) is 30.3 Å². The molecule has 0 unspecified atom stereocenters. The second kappa shape index (κ2) is 7.50. The fourth-order valence-corrected chi connectivity index (χ4v) is 3.44. The van der Waals surface area contributed by atoms with Gasteiger partial charge in [-0.3, -0.25) is 5.10 Å². The summed E-state index contributed by atoms with van der Waals surface area (Å²) in [7, 11) is 0. The first-order valence-corrected chi connectivity index (χ1v) is 9.99. The van der Waals surface area contributed by atoms with Crippen LogP contribution in [-0.4, -0.2) is 25.1 Å². The zero-order chi connectivity index (χ0) is 21.5. The number of nitrogens with zero attached hydrogens (tertiary/aromatic N) is 3. The summed E-state index contributed by atoms with van der Waals surface area (Å²) in [6.45, 7) is 3.65. The smallest absolute Gasteiger partial charge is 0.324 e. The highest BCUT2D eigenvalue weighted by Gasteiger charge is 2.27. The number of fused-ring (bicyclic) bond motifs is 1. The molecule has 0 amide bonds. The molecule has 0 atom stereocenters. The van der Waals surface area contributed by atoms with Gasteiger partial charge in [-0.15, -0.1) is 0 Å². The van der Waals surface area contributed by atoms with Crippen molar-refractivity contribution < 1.29 is 13.5 Å². The summed E-state index contributed by atoms with van der Waals surface area (Å²) in [6, 6.07) is 6.14. The summed E-state index contributed by atoms with van der Waals surface area (Å²) in [4.78, 5) is 11.6. The third-order valence-corrected chi connectivity index (χ3v) is 5.02. The van der Waals surface area contributed by atoms with Crippen LogP contribution in [0.15, 0.2) is 30.3 Å². The van der Waals surface area contributed by atoms with Crippen LogP contribution >= 0.6 is 0 Å². The Morgan fingerprint density at radius 1 is 1.13 bits per heavy atom. The normalized spacial score (nSPS) is 13.9. The van der Waals surface area contributed by atoms with Gasteiger partial charge in [0.05, 0.1) is 16.9 Å². The lowest BCUT2D eigenvalue weighted by Crippen LogP contribution is -2.02. The lowest BCUT2D eigenvalue weighted by molar-refractivity contribution is 0.409. The molecule has 0 bridgehead atoms. The van der Waals surface area contributed by atoms with E-state index in [1.807, 2.05) is 31.2 Å². The lowest BCUT2D eigenvalue weighted by atomic mass is 10.2. The van der Waals surface area contributed by atoms with Gasteiger partial charge >= 0.3 is 6.01 Å². The second-order valence-electron chi connectivity index (χ2n) is 7.58. The van der Waals surface area contributed by atoms with Gasteiger partial charge in [-0.1, -0.05) is 6.08 Å². The van der Waals surface area contributed by atoms with Gasteiger partial charge < -0.3 is 15.0 Å². The number of anilines is 2. The highest BCUT2D eigenvalue weighted by molar-refractivity contribution is 5.83. The topological polar surface area (TPSA) is 91.5 Å². The Kier molecular flexibility index (Phi) is 4.65. The largest absolute Gasteiger partial charge is 0.421 e. The fourth-order valence-electron chi connectivity index (χ4n) is 3.44. The molecule has 1 aliphatic carbocycles. The Balaban J connectivity index is 1.49. The van der Waals surface area contributed by atoms with Crippen LogP contribution < -0.4 is 10.1 Å². The first-order chi connectivity index (χ1) is 15.0. The van der Waals surface area contributed by atoms with Gasteiger partial charge in [-0.2, -0.15) is 15.1 Å². The first-order valence-electron chi connectivity index (χ1n) is 9.99. The average Bonchev–Trinajstić information content (AvgIpc) is 3.38. The molecule has 31 heavy (non-hydrogen) atoms. The van der Waals surface area contributed by atoms with Crippen molar-refractivity contribution in [3.05, 3.63) is 59.1 Å². The Morgan fingerprint density at radius 3 is 2.74 bits per heavy atom. The number of hydrogen-bond donors (Lipinski definition) is 3. The highest BCUT2D eigenvalue weighted by atomic mass is 19.1. The molecular weight excluding hydrogens is 402 g/mol. The minimum atomic E-state index is -0.668. The van der Waals surface area contributed by atoms with Crippen LogP contribution in [0.25, 0.3) is 17.0 Å². The monoisotopic (exact) mass is 422 g/mol. The molecular formula is C22H20F2N6O. The van der Waals surface area contributed by atoms with E-state index < -0.39 is 11.6 Å². The van der Waals surface area contributed by atoms with E-state index in [-0.39, 0.29) is 22.7 Å². The van der Waals surface area contributed by atoms with E-state index in [2.05, 4.69) is 30.5 Å². The van der Waals surface area contributed by atoms with Gasteiger partial charge in [0.25, 0.3) is 0 Å². The standard InChI is InChI=1S/C22H20F2N6O/c1-3-4-13-8-19(30-29-13)27-18-10-16(12-5-6-12)26-22(28-18)31-17-9-15(23)21-14(20(17)24)7-11(2)25-21/h3-4,7-10,12,25H,5-6H2,1-2H3,(H2,26,27,28,29,30)/b4-3+. The number of rotatable bonds is 6. The molecule has 7 nitrogen and oxygen atoms in total. The number of hydrogen-bond acceptors (Lipinski definition) is 5. The van der Waals surface area contributed by atoms with Gasteiger partial charge in [-0.05, 0) is 38.8 Å². The number of benzene rings is 1. The molecule has 1 aliphatic rings. The summed E-state index contributed by atoms with van der Waals surface area (Å²) in [6.07, 6.45) is 5.82. The molecule has 1 fully saturated rings. The summed E-state index contributed by atoms with van der Waals surface area (Å²) < 4.78 is 35.0. The maximum atomic E-state index is 14.9. The quantitative estimate of drug-likeness (QED) is 0.370. The molecule has 0 spiro atoms. The van der Waals surface area contributed by atoms with Gasteiger partial charge in [0, 0.05) is 35.2 Å². The van der Waals surface area contributed by atoms with E-state index in [1.54, 1.807) is 6.92 Å². The molecule has 3 N–H and O–H groups in total. The van der Waals surface area contributed by atoms with Crippen molar-refractivity contribution in [3.8, 4) is 11.8 Å². The number of aromatic amines is 2. The highest BCUT2D eigenvalue weighted by Crippen LogP contribution is 2.41. The van der Waals surface area contributed by atoms with Gasteiger partial charge in [0.15, 0.2) is 23.2 Å². The van der Waals surface area contributed by atoms with E-state index >= 15 is 0 Å². The minimum Gasteiger partial charge on any atom is -0.421 e. The summed E-state index contributed by atoms with van der Waals surface area (Å²) in [5, 5.41) is 10.3. The molecule has 3 aromatic heterocycles. The summed E-state index contributed by atoms with van der Waals surface area (Å²) in [5.74, 6) is -0.202. The molecule has 9 heteroatoms. The number of aromatic nitrogens is 5. The average molecular weight is 422 g/mol. The van der Waals surface area contributed by atoms with Crippen molar-refractivity contribution in [2.75, 3.05) is 5.32 Å². The van der Waals surface area contributed by atoms with Gasteiger partial charge in [-0.25, -0.2) is 8.78 Å². The van der Waals surface area contributed by atoms with Crippen molar-refractivity contribution in [2.45, 2.75) is 32.6 Å². The van der Waals surface area contributed by atoms with E-state index in [1.165, 1.54) is 6.07 Å². The summed E-state index contributed by atoms with van der Waals surface area (Å²) >= 11 is 0. The van der Waals surface area contributed by atoms with Crippen molar-refractivity contribution >= 4 is 28.6 Å². The SMILES string of the molecule is C/C=C/c1cc(Nc2cc(C3CC3)nc(Oc3cc(F)c4[nH]c(C)cc4c3F)n2)n[nH]1. The predicted molar refractivity (Wildman–Crippen MR) is 114 cm³/mol. The van der Waals surface area contributed by atoms with Crippen molar-refractivity contribution in [3.63, 3.8) is 0 Å². The number of nitrogens with one attached hydrogen (secondary N) is 3. The van der Waals surface area contributed by atoms with Crippen LogP contribution in [0.2, 0.25) is 0 Å². The van der Waals surface area contributed by atoms with E-state index in [0.29, 0.717) is 23.2 Å². The maximum absolute atomic E-state index is 14.9. The van der Waals surface area contributed by atoms with Crippen LogP contribution in [0.5, 0.6) is 11.8 Å². The van der Waals surface area contributed by atoms with Crippen LogP contribution in [0.3, 0.4) is 0 Å². The zero-order valence-corrected chi connectivity index (χ0v) is 17.0. The second-order valence-corrected chi connectivity index (χ2v) is 7.58. The van der Waals surface area contributed by atoms with E-state index in [4.69, 9.17) is 4.74 Å². The maximum Gasteiger partial charge on any atom is 0.324 e. The number of allylic oxidation sites excluding steroid dienone is 1.